The maximum atomic E-state index is 11.9. The van der Waals surface area contributed by atoms with E-state index in [1.807, 2.05) is 18.2 Å². The zero-order valence-electron chi connectivity index (χ0n) is 19.0. The number of rotatable bonds is 10. The third-order valence-electron chi connectivity index (χ3n) is 5.99. The van der Waals surface area contributed by atoms with Gasteiger partial charge in [-0.25, -0.2) is 0 Å². The molecule has 0 aliphatic heterocycles. The van der Waals surface area contributed by atoms with Gasteiger partial charge in [0.25, 0.3) is 0 Å². The highest BCUT2D eigenvalue weighted by atomic mass is 16.7. The number of ether oxygens (including phenoxy) is 3. The van der Waals surface area contributed by atoms with E-state index >= 15 is 0 Å². The van der Waals surface area contributed by atoms with Gasteiger partial charge in [-0.1, -0.05) is 85.4 Å². The summed E-state index contributed by atoms with van der Waals surface area (Å²) in [7, 11) is 1.58. The van der Waals surface area contributed by atoms with Crippen molar-refractivity contribution in [3.8, 4) is 11.1 Å². The highest BCUT2D eigenvalue weighted by Gasteiger charge is 2.46. The molecule has 170 valence electrons. The summed E-state index contributed by atoms with van der Waals surface area (Å²) in [6, 6.07) is 26.7. The van der Waals surface area contributed by atoms with E-state index in [-0.39, 0.29) is 25.4 Å². The predicted molar refractivity (Wildman–Crippen MR) is 129 cm³/mol. The summed E-state index contributed by atoms with van der Waals surface area (Å²) in [5.41, 5.74) is 5.04. The first-order valence-electron chi connectivity index (χ1n) is 11.0. The van der Waals surface area contributed by atoms with Crippen LogP contribution < -0.4 is 5.32 Å². The predicted octanol–water partition coefficient (Wildman–Crippen LogP) is 4.66. The fourth-order valence-electron chi connectivity index (χ4n) is 4.71. The van der Waals surface area contributed by atoms with Gasteiger partial charge in [0.15, 0.2) is 0 Å². The van der Waals surface area contributed by atoms with Gasteiger partial charge in [-0.3, -0.25) is 10.1 Å². The van der Waals surface area contributed by atoms with E-state index in [1.54, 1.807) is 13.2 Å². The maximum Gasteiger partial charge on any atom is 0.303 e. The number of benzene rings is 3. The van der Waals surface area contributed by atoms with Crippen LogP contribution >= 0.6 is 0 Å². The molecule has 33 heavy (non-hydrogen) atoms. The molecule has 0 radical (unpaired) electrons. The van der Waals surface area contributed by atoms with Gasteiger partial charge < -0.3 is 14.2 Å². The second-order valence-corrected chi connectivity index (χ2v) is 8.05. The molecule has 5 nitrogen and oxygen atoms in total. The van der Waals surface area contributed by atoms with Crippen molar-refractivity contribution in [2.24, 2.45) is 0 Å². The van der Waals surface area contributed by atoms with Crippen molar-refractivity contribution in [3.05, 3.63) is 108 Å². The molecule has 4 rings (SSSR count). The summed E-state index contributed by atoms with van der Waals surface area (Å²) < 4.78 is 16.5. The van der Waals surface area contributed by atoms with E-state index in [0.29, 0.717) is 0 Å². The van der Waals surface area contributed by atoms with Gasteiger partial charge in [-0.15, -0.1) is 0 Å². The van der Waals surface area contributed by atoms with E-state index in [4.69, 9.17) is 14.2 Å². The van der Waals surface area contributed by atoms with Crippen LogP contribution in [0.5, 0.6) is 0 Å². The maximum absolute atomic E-state index is 11.9. The first-order chi connectivity index (χ1) is 16.1. The topological polar surface area (TPSA) is 56.8 Å². The Morgan fingerprint density at radius 1 is 0.970 bits per heavy atom. The molecule has 0 bridgehead atoms. The molecule has 2 atom stereocenters. The Morgan fingerprint density at radius 2 is 1.55 bits per heavy atom. The Morgan fingerprint density at radius 3 is 2.09 bits per heavy atom. The van der Waals surface area contributed by atoms with Crippen molar-refractivity contribution in [1.82, 2.24) is 5.32 Å². The number of carbonyl (C=O) groups is 1. The molecule has 1 aliphatic rings. The first-order valence-corrected chi connectivity index (χ1v) is 11.0. The lowest BCUT2D eigenvalue weighted by molar-refractivity contribution is -0.147. The average molecular weight is 444 g/mol. The Labute approximate surface area is 195 Å². The number of carbonyl (C=O) groups excluding carboxylic acids is 1. The number of nitrogens with one attached hydrogen (secondary N) is 1. The van der Waals surface area contributed by atoms with Crippen LogP contribution in [0.15, 0.2) is 91.5 Å². The van der Waals surface area contributed by atoms with E-state index < -0.39 is 11.6 Å². The largest absolute Gasteiger partial charge is 0.457 e. The molecule has 0 fully saturated rings. The van der Waals surface area contributed by atoms with Crippen molar-refractivity contribution in [1.29, 1.82) is 0 Å². The van der Waals surface area contributed by atoms with Crippen molar-refractivity contribution < 1.29 is 19.0 Å². The number of fused-ring (bicyclic) bond motifs is 3. The van der Waals surface area contributed by atoms with Gasteiger partial charge >= 0.3 is 5.97 Å². The Hall–Kier alpha value is -3.25. The van der Waals surface area contributed by atoms with Crippen LogP contribution in [0, 0.1) is 0 Å². The minimum absolute atomic E-state index is 0.133. The highest BCUT2D eigenvalue weighted by Crippen LogP contribution is 2.51. The summed E-state index contributed by atoms with van der Waals surface area (Å²) >= 11 is 0. The molecule has 3 aromatic rings. The molecular formula is C28H29NO4. The summed E-state index contributed by atoms with van der Waals surface area (Å²) in [5.74, 6) is -0.376. The molecule has 5 heteroatoms. The van der Waals surface area contributed by atoms with Crippen LogP contribution in [-0.4, -0.2) is 38.6 Å². The lowest BCUT2D eigenvalue weighted by atomic mass is 9.79. The third kappa shape index (κ3) is 4.35. The van der Waals surface area contributed by atoms with Gasteiger partial charge in [-0.05, 0) is 33.9 Å². The fourth-order valence-corrected chi connectivity index (χ4v) is 4.71. The molecule has 0 unspecified atom stereocenters. The number of hydrogen-bond donors (Lipinski definition) is 1. The standard InChI is InChI=1S/C28H29NO4/c1-4-27(33-20(2)30)26(18-32-19-31-3)29-28(21-12-6-5-7-13-21)24-16-10-8-14-22(24)23-15-9-11-17-25(23)28/h4-17,26-27,29H,1,18-19H2,2-3H3/t26-,27-/m0/s1. The van der Waals surface area contributed by atoms with Crippen LogP contribution in [0.4, 0.5) is 0 Å². The van der Waals surface area contributed by atoms with E-state index in [1.165, 1.54) is 18.1 Å². The molecule has 0 saturated heterocycles. The van der Waals surface area contributed by atoms with Gasteiger partial charge in [0, 0.05) is 14.0 Å². The van der Waals surface area contributed by atoms with Crippen molar-refractivity contribution in [2.75, 3.05) is 20.5 Å². The summed E-state index contributed by atoms with van der Waals surface area (Å²) in [6.07, 6.45) is 1.04. The number of methoxy groups -OCH3 is 1. The second kappa shape index (κ2) is 10.1. The lowest BCUT2D eigenvalue weighted by Gasteiger charge is -2.39. The van der Waals surface area contributed by atoms with Crippen LogP contribution in [0.1, 0.15) is 23.6 Å². The van der Waals surface area contributed by atoms with Crippen LogP contribution in [-0.2, 0) is 24.5 Å². The second-order valence-electron chi connectivity index (χ2n) is 8.05. The fraction of sp³-hybridized carbons (Fsp3) is 0.250. The summed E-state index contributed by atoms with van der Waals surface area (Å²) in [6.45, 7) is 5.71. The molecule has 1 N–H and O–H groups in total. The Kier molecular flexibility index (Phi) is 7.04. The monoisotopic (exact) mass is 443 g/mol. The molecule has 0 aromatic heterocycles. The van der Waals surface area contributed by atoms with Gasteiger partial charge in [0.1, 0.15) is 12.9 Å². The molecular weight excluding hydrogens is 414 g/mol. The number of hydrogen-bond acceptors (Lipinski definition) is 5. The molecule has 0 amide bonds. The van der Waals surface area contributed by atoms with Crippen molar-refractivity contribution in [2.45, 2.75) is 24.6 Å². The molecule has 0 spiro atoms. The highest BCUT2D eigenvalue weighted by molar-refractivity contribution is 5.83. The zero-order chi connectivity index (χ0) is 23.3. The molecule has 3 aromatic carbocycles. The minimum atomic E-state index is -0.670. The SMILES string of the molecule is C=C[C@H](OC(C)=O)[C@H](COCOC)NC1(c2ccccc2)c2ccccc2-c2ccccc21. The molecule has 1 aliphatic carbocycles. The van der Waals surface area contributed by atoms with E-state index in [2.05, 4.69) is 72.6 Å². The van der Waals surface area contributed by atoms with Crippen LogP contribution in [0.25, 0.3) is 11.1 Å². The summed E-state index contributed by atoms with van der Waals surface area (Å²) in [4.78, 5) is 11.9. The van der Waals surface area contributed by atoms with Gasteiger partial charge in [0.05, 0.1) is 18.2 Å². The van der Waals surface area contributed by atoms with Crippen molar-refractivity contribution in [3.63, 3.8) is 0 Å². The minimum Gasteiger partial charge on any atom is -0.457 e. The first kappa shape index (κ1) is 22.9. The normalized spacial score (nSPS) is 15.2. The Bertz CT molecular complexity index is 1070. The average Bonchev–Trinajstić information content (AvgIpc) is 3.13. The molecule has 0 saturated carbocycles. The smallest absolute Gasteiger partial charge is 0.303 e. The van der Waals surface area contributed by atoms with Crippen LogP contribution in [0.2, 0.25) is 0 Å². The zero-order valence-corrected chi connectivity index (χ0v) is 19.0. The quantitative estimate of drug-likeness (QED) is 0.214. The van der Waals surface area contributed by atoms with Gasteiger partial charge in [-0.2, -0.15) is 0 Å². The van der Waals surface area contributed by atoms with Crippen LogP contribution in [0.3, 0.4) is 0 Å². The lowest BCUT2D eigenvalue weighted by Crippen LogP contribution is -2.55. The van der Waals surface area contributed by atoms with E-state index in [0.717, 1.165) is 16.7 Å². The number of esters is 1. The summed E-state index contributed by atoms with van der Waals surface area (Å²) in [5, 5.41) is 3.84. The Balaban J connectivity index is 1.89. The van der Waals surface area contributed by atoms with Crippen molar-refractivity contribution >= 4 is 5.97 Å². The van der Waals surface area contributed by atoms with Gasteiger partial charge in [0.2, 0.25) is 0 Å². The van der Waals surface area contributed by atoms with E-state index in [9.17, 15) is 4.79 Å². The molecule has 0 heterocycles. The third-order valence-corrected chi connectivity index (χ3v) is 5.99.